The summed E-state index contributed by atoms with van der Waals surface area (Å²) in [6.07, 6.45) is 6.06. The van der Waals surface area contributed by atoms with Crippen molar-refractivity contribution < 1.29 is 19.8 Å². The van der Waals surface area contributed by atoms with Crippen molar-refractivity contribution in [2.75, 3.05) is 0 Å². The standard InChI is InChI=1S/C32H28O4/c33-30(34)24-7-5-23(6-8-24)28-4-2-1-3-22(28)11-14-29-26-16-20-15-21(17-26)19-32(29,18-20)27-12-9-25(10-13-27)31(35)36/h1-10,12-13,20-21,26,29H,15-19H2,(H,33,34)(H,35,36). The Kier molecular flexibility index (Phi) is 5.45. The second-order valence-electron chi connectivity index (χ2n) is 10.8. The van der Waals surface area contributed by atoms with Crippen LogP contribution < -0.4 is 0 Å². The van der Waals surface area contributed by atoms with Gasteiger partial charge in [-0.05, 0) is 96.9 Å². The number of benzene rings is 3. The second kappa shape index (κ2) is 8.68. The minimum absolute atomic E-state index is 0.0170. The molecule has 4 fully saturated rings. The zero-order chi connectivity index (χ0) is 24.9. The molecule has 2 N–H and O–H groups in total. The molecule has 0 saturated heterocycles. The molecule has 4 heteroatoms. The van der Waals surface area contributed by atoms with Crippen LogP contribution in [0, 0.1) is 35.5 Å². The van der Waals surface area contributed by atoms with E-state index < -0.39 is 11.9 Å². The van der Waals surface area contributed by atoms with Gasteiger partial charge in [-0.25, -0.2) is 9.59 Å². The molecule has 4 nitrogen and oxygen atoms in total. The number of carboxylic acids is 2. The van der Waals surface area contributed by atoms with E-state index in [1.165, 1.54) is 24.8 Å². The summed E-state index contributed by atoms with van der Waals surface area (Å²) in [6.45, 7) is 0. The summed E-state index contributed by atoms with van der Waals surface area (Å²) in [5, 5.41) is 18.6. The molecule has 0 radical (unpaired) electrons. The molecule has 0 aromatic heterocycles. The van der Waals surface area contributed by atoms with E-state index in [2.05, 4.69) is 11.8 Å². The van der Waals surface area contributed by atoms with Crippen molar-refractivity contribution in [1.82, 2.24) is 0 Å². The van der Waals surface area contributed by atoms with Crippen LogP contribution in [0.3, 0.4) is 0 Å². The fraction of sp³-hybridized carbons (Fsp3) is 0.312. The molecule has 3 aromatic rings. The first kappa shape index (κ1) is 22.6. The Morgan fingerprint density at radius 2 is 1.33 bits per heavy atom. The van der Waals surface area contributed by atoms with Crippen LogP contribution in [-0.2, 0) is 5.41 Å². The maximum Gasteiger partial charge on any atom is 0.335 e. The maximum atomic E-state index is 11.4. The fourth-order valence-electron chi connectivity index (χ4n) is 7.45. The summed E-state index contributed by atoms with van der Waals surface area (Å²) in [5.74, 6) is 7.74. The molecule has 4 aliphatic carbocycles. The van der Waals surface area contributed by atoms with E-state index in [1.807, 2.05) is 48.5 Å². The molecule has 0 spiro atoms. The van der Waals surface area contributed by atoms with Crippen molar-refractivity contribution in [2.24, 2.45) is 23.7 Å². The average molecular weight is 477 g/mol. The zero-order valence-corrected chi connectivity index (χ0v) is 20.0. The highest BCUT2D eigenvalue weighted by atomic mass is 16.4. The van der Waals surface area contributed by atoms with Crippen molar-refractivity contribution in [2.45, 2.75) is 37.5 Å². The van der Waals surface area contributed by atoms with Gasteiger partial charge in [-0.2, -0.15) is 0 Å². The minimum atomic E-state index is -0.932. The molecule has 4 bridgehead atoms. The molecule has 36 heavy (non-hydrogen) atoms. The lowest BCUT2D eigenvalue weighted by atomic mass is 9.43. The molecular weight excluding hydrogens is 448 g/mol. The molecule has 3 atom stereocenters. The molecule has 7 rings (SSSR count). The van der Waals surface area contributed by atoms with Crippen molar-refractivity contribution in [1.29, 1.82) is 0 Å². The fourth-order valence-corrected chi connectivity index (χ4v) is 7.45. The summed E-state index contributed by atoms with van der Waals surface area (Å²) in [6, 6.07) is 22.6. The third-order valence-corrected chi connectivity index (χ3v) is 8.75. The van der Waals surface area contributed by atoms with Gasteiger partial charge in [0.25, 0.3) is 0 Å². The highest BCUT2D eigenvalue weighted by molar-refractivity contribution is 5.88. The molecule has 4 saturated carbocycles. The number of carboxylic acid groups (broad SMARTS) is 2. The molecule has 4 aliphatic rings. The Hall–Kier alpha value is -3.84. The zero-order valence-electron chi connectivity index (χ0n) is 20.0. The predicted molar refractivity (Wildman–Crippen MR) is 138 cm³/mol. The van der Waals surface area contributed by atoms with E-state index in [1.54, 1.807) is 24.3 Å². The van der Waals surface area contributed by atoms with Gasteiger partial charge in [0.05, 0.1) is 11.1 Å². The van der Waals surface area contributed by atoms with Crippen LogP contribution in [0.5, 0.6) is 0 Å². The molecule has 3 unspecified atom stereocenters. The van der Waals surface area contributed by atoms with E-state index in [0.717, 1.165) is 41.4 Å². The Bertz CT molecular complexity index is 1380. The summed E-state index contributed by atoms with van der Waals surface area (Å²) in [5.41, 5.74) is 4.73. The van der Waals surface area contributed by atoms with Gasteiger partial charge in [0.15, 0.2) is 0 Å². The van der Waals surface area contributed by atoms with Gasteiger partial charge in [0, 0.05) is 16.9 Å². The van der Waals surface area contributed by atoms with Crippen molar-refractivity contribution in [3.05, 3.63) is 95.1 Å². The summed E-state index contributed by atoms with van der Waals surface area (Å²) < 4.78 is 0. The van der Waals surface area contributed by atoms with Crippen molar-refractivity contribution in [3.8, 4) is 23.0 Å². The first-order chi connectivity index (χ1) is 17.4. The summed E-state index contributed by atoms with van der Waals surface area (Å²) in [4.78, 5) is 22.7. The van der Waals surface area contributed by atoms with E-state index in [0.29, 0.717) is 11.5 Å². The lowest BCUT2D eigenvalue weighted by Crippen LogP contribution is -2.54. The minimum Gasteiger partial charge on any atom is -0.478 e. The van der Waals surface area contributed by atoms with Gasteiger partial charge in [-0.3, -0.25) is 0 Å². The molecule has 3 aromatic carbocycles. The number of hydrogen-bond acceptors (Lipinski definition) is 2. The summed E-state index contributed by atoms with van der Waals surface area (Å²) in [7, 11) is 0. The first-order valence-electron chi connectivity index (χ1n) is 12.7. The van der Waals surface area contributed by atoms with E-state index in [-0.39, 0.29) is 16.9 Å². The van der Waals surface area contributed by atoms with Crippen molar-refractivity contribution in [3.63, 3.8) is 0 Å². The smallest absolute Gasteiger partial charge is 0.335 e. The second-order valence-corrected chi connectivity index (χ2v) is 10.8. The van der Waals surface area contributed by atoms with Gasteiger partial charge in [-0.15, -0.1) is 0 Å². The van der Waals surface area contributed by atoms with Crippen molar-refractivity contribution >= 4 is 11.9 Å². The van der Waals surface area contributed by atoms with E-state index >= 15 is 0 Å². The molecule has 0 amide bonds. The molecule has 0 aliphatic heterocycles. The molecule has 180 valence electrons. The van der Waals surface area contributed by atoms with Crippen LogP contribution >= 0.6 is 0 Å². The van der Waals surface area contributed by atoms with Gasteiger partial charge in [0.2, 0.25) is 0 Å². The van der Waals surface area contributed by atoms with Crippen LogP contribution in [0.15, 0.2) is 72.8 Å². The highest BCUT2D eigenvalue weighted by Crippen LogP contribution is 2.63. The Morgan fingerprint density at radius 1 is 0.750 bits per heavy atom. The van der Waals surface area contributed by atoms with Gasteiger partial charge in [0.1, 0.15) is 0 Å². The third kappa shape index (κ3) is 3.80. The van der Waals surface area contributed by atoms with E-state index in [4.69, 9.17) is 0 Å². The normalized spacial score (nSPS) is 27.8. The van der Waals surface area contributed by atoms with Gasteiger partial charge < -0.3 is 10.2 Å². The summed E-state index contributed by atoms with van der Waals surface area (Å²) >= 11 is 0. The Morgan fingerprint density at radius 3 is 1.94 bits per heavy atom. The van der Waals surface area contributed by atoms with Crippen LogP contribution in [0.4, 0.5) is 0 Å². The lowest BCUT2D eigenvalue weighted by Gasteiger charge is -2.60. The van der Waals surface area contributed by atoms with E-state index in [9.17, 15) is 19.8 Å². The maximum absolute atomic E-state index is 11.4. The van der Waals surface area contributed by atoms with Crippen LogP contribution in [-0.4, -0.2) is 22.2 Å². The number of carbonyl (C=O) groups is 2. The van der Waals surface area contributed by atoms with Crippen LogP contribution in [0.1, 0.15) is 63.9 Å². The number of aromatic carboxylic acids is 2. The third-order valence-electron chi connectivity index (χ3n) is 8.75. The molecular formula is C32H28O4. The Balaban J connectivity index is 1.39. The molecule has 0 heterocycles. The highest BCUT2D eigenvalue weighted by Gasteiger charge is 2.57. The first-order valence-corrected chi connectivity index (χ1v) is 12.7. The quantitative estimate of drug-likeness (QED) is 0.422. The van der Waals surface area contributed by atoms with Crippen LogP contribution in [0.25, 0.3) is 11.1 Å². The monoisotopic (exact) mass is 476 g/mol. The largest absolute Gasteiger partial charge is 0.478 e. The Labute approximate surface area is 211 Å². The lowest BCUT2D eigenvalue weighted by molar-refractivity contribution is -0.0378. The van der Waals surface area contributed by atoms with Gasteiger partial charge >= 0.3 is 11.9 Å². The topological polar surface area (TPSA) is 74.6 Å². The number of hydrogen-bond donors (Lipinski definition) is 2. The van der Waals surface area contributed by atoms with Crippen LogP contribution in [0.2, 0.25) is 0 Å². The number of rotatable bonds is 4. The SMILES string of the molecule is O=C(O)c1ccc(-c2ccccc2C#CC2C3CC4CC(C3)CC2(c2ccc(C(=O)O)cc2)C4)cc1. The predicted octanol–water partition coefficient (Wildman–Crippen LogP) is 6.50. The van der Waals surface area contributed by atoms with Gasteiger partial charge in [-0.1, -0.05) is 54.3 Å². The average Bonchev–Trinajstić information content (AvgIpc) is 2.88.